The number of alkyl halides is 1. The number of halogens is 1. The Kier molecular flexibility index (Phi) is 3.56. The number of aliphatic hydroxyl groups is 1. The van der Waals surface area contributed by atoms with Crippen molar-refractivity contribution in [1.29, 1.82) is 0 Å². The third-order valence-electron chi connectivity index (χ3n) is 0.691. The summed E-state index contributed by atoms with van der Waals surface area (Å²) < 4.78 is 0. The lowest BCUT2D eigenvalue weighted by atomic mass is 10.3. The van der Waals surface area contributed by atoms with E-state index >= 15 is 0 Å². The van der Waals surface area contributed by atoms with Crippen LogP contribution < -0.4 is 5.73 Å². The topological polar surface area (TPSA) is 63.3 Å². The maximum Gasteiger partial charge on any atom is 0.235 e. The highest BCUT2D eigenvalue weighted by Crippen LogP contribution is 1.97. The maximum absolute atomic E-state index is 10.1. The van der Waals surface area contributed by atoms with Crippen molar-refractivity contribution in [2.75, 3.05) is 6.61 Å². The average molecular weight is 138 g/mol. The first kappa shape index (κ1) is 7.72. The van der Waals surface area contributed by atoms with Crippen LogP contribution in [0.15, 0.2) is 0 Å². The second kappa shape index (κ2) is 3.69. The van der Waals surface area contributed by atoms with Gasteiger partial charge in [0, 0.05) is 6.61 Å². The van der Waals surface area contributed by atoms with E-state index < -0.39 is 11.3 Å². The maximum atomic E-state index is 10.1. The van der Waals surface area contributed by atoms with Crippen molar-refractivity contribution in [3.63, 3.8) is 0 Å². The van der Waals surface area contributed by atoms with Crippen LogP contribution in [0, 0.1) is 0 Å². The van der Waals surface area contributed by atoms with Gasteiger partial charge in [-0.25, -0.2) is 0 Å². The van der Waals surface area contributed by atoms with Gasteiger partial charge in [0.05, 0.1) is 0 Å². The van der Waals surface area contributed by atoms with Crippen molar-refractivity contribution in [3.8, 4) is 0 Å². The summed E-state index contributed by atoms with van der Waals surface area (Å²) >= 11 is 5.28. The number of nitrogens with two attached hydrogens (primary N) is 1. The lowest BCUT2D eigenvalue weighted by Gasteiger charge is -1.98. The van der Waals surface area contributed by atoms with Crippen molar-refractivity contribution < 1.29 is 9.90 Å². The molecule has 0 aliphatic carbocycles. The van der Waals surface area contributed by atoms with Crippen LogP contribution in [-0.4, -0.2) is 23.0 Å². The first-order valence-corrected chi connectivity index (χ1v) is 2.66. The van der Waals surface area contributed by atoms with Crippen molar-refractivity contribution in [1.82, 2.24) is 0 Å². The third kappa shape index (κ3) is 2.82. The molecule has 0 saturated heterocycles. The Morgan fingerprint density at radius 1 is 1.88 bits per heavy atom. The van der Waals surface area contributed by atoms with E-state index in [1.807, 2.05) is 0 Å². The summed E-state index contributed by atoms with van der Waals surface area (Å²) in [6.07, 6.45) is 0.233. The second-order valence-corrected chi connectivity index (χ2v) is 1.91. The summed E-state index contributed by atoms with van der Waals surface area (Å²) in [7, 11) is 0. The Morgan fingerprint density at radius 2 is 2.38 bits per heavy atom. The molecule has 0 aliphatic rings. The van der Waals surface area contributed by atoms with E-state index in [9.17, 15) is 4.79 Å². The fourth-order valence-electron chi connectivity index (χ4n) is 0.256. The predicted molar refractivity (Wildman–Crippen MR) is 30.5 cm³/mol. The largest absolute Gasteiger partial charge is 0.396 e. The third-order valence-corrected chi connectivity index (χ3v) is 1.12. The molecule has 3 N–H and O–H groups in total. The number of amides is 1. The van der Waals surface area contributed by atoms with Crippen molar-refractivity contribution >= 4 is 17.5 Å². The second-order valence-electron chi connectivity index (χ2n) is 1.38. The number of carbonyl (C=O) groups excluding carboxylic acids is 1. The van der Waals surface area contributed by atoms with Crippen LogP contribution >= 0.6 is 11.6 Å². The van der Waals surface area contributed by atoms with Crippen LogP contribution in [0.5, 0.6) is 0 Å². The highest BCUT2D eigenvalue weighted by atomic mass is 35.5. The summed E-state index contributed by atoms with van der Waals surface area (Å²) in [5, 5.41) is 7.47. The zero-order chi connectivity index (χ0) is 6.57. The molecule has 0 saturated carbocycles. The van der Waals surface area contributed by atoms with E-state index in [1.54, 1.807) is 0 Å². The highest BCUT2D eigenvalue weighted by Gasteiger charge is 2.08. The van der Waals surface area contributed by atoms with E-state index in [4.69, 9.17) is 22.4 Å². The van der Waals surface area contributed by atoms with Crippen LogP contribution in [0.1, 0.15) is 6.42 Å². The van der Waals surface area contributed by atoms with Crippen LogP contribution in [-0.2, 0) is 4.79 Å². The smallest absolute Gasteiger partial charge is 0.235 e. The normalized spacial score (nSPS) is 13.2. The molecule has 0 rings (SSSR count). The van der Waals surface area contributed by atoms with Gasteiger partial charge in [0.25, 0.3) is 0 Å². The molecule has 3 nitrogen and oxygen atoms in total. The molecule has 4 heteroatoms. The minimum atomic E-state index is -0.722. The minimum Gasteiger partial charge on any atom is -0.396 e. The predicted octanol–water partition coefficient (Wildman–Crippen LogP) is -0.539. The molecule has 0 fully saturated rings. The Bertz CT molecular complexity index is 86.1. The van der Waals surface area contributed by atoms with Gasteiger partial charge in [0.2, 0.25) is 5.91 Å². The van der Waals surface area contributed by atoms with E-state index in [0.29, 0.717) is 0 Å². The SMILES string of the molecule is NC(=O)C(Cl)CCO. The number of primary amides is 1. The number of aliphatic hydroxyl groups excluding tert-OH is 1. The molecular weight excluding hydrogens is 130 g/mol. The lowest BCUT2D eigenvalue weighted by molar-refractivity contribution is -0.117. The Balaban J connectivity index is 3.32. The van der Waals surface area contributed by atoms with Gasteiger partial charge in [0.1, 0.15) is 5.38 Å². The lowest BCUT2D eigenvalue weighted by Crippen LogP contribution is -2.24. The molecule has 0 aromatic rings. The van der Waals surface area contributed by atoms with Crippen LogP contribution in [0.3, 0.4) is 0 Å². The van der Waals surface area contributed by atoms with E-state index in [-0.39, 0.29) is 13.0 Å². The van der Waals surface area contributed by atoms with Gasteiger partial charge in [-0.05, 0) is 6.42 Å². The van der Waals surface area contributed by atoms with Crippen LogP contribution in [0.4, 0.5) is 0 Å². The van der Waals surface area contributed by atoms with Gasteiger partial charge >= 0.3 is 0 Å². The molecule has 0 spiro atoms. The molecule has 0 aliphatic heterocycles. The molecule has 0 radical (unpaired) electrons. The Morgan fingerprint density at radius 3 is 2.50 bits per heavy atom. The first-order valence-electron chi connectivity index (χ1n) is 2.22. The summed E-state index contributed by atoms with van der Waals surface area (Å²) in [6, 6.07) is 0. The number of carbonyl (C=O) groups is 1. The Hall–Kier alpha value is -0.280. The zero-order valence-electron chi connectivity index (χ0n) is 4.30. The van der Waals surface area contributed by atoms with E-state index in [2.05, 4.69) is 0 Å². The molecule has 1 amide bonds. The molecule has 0 bridgehead atoms. The Labute approximate surface area is 52.4 Å². The van der Waals surface area contributed by atoms with E-state index in [1.165, 1.54) is 0 Å². The summed E-state index contributed by atoms with van der Waals surface area (Å²) in [5.41, 5.74) is 4.74. The standard InChI is InChI=1S/C4H8ClNO2/c5-3(1-2-7)4(6)8/h3,7H,1-2H2,(H2,6,8). The van der Waals surface area contributed by atoms with Gasteiger partial charge in [-0.15, -0.1) is 11.6 Å². The summed E-state index contributed by atoms with van der Waals surface area (Å²) in [5.74, 6) is -0.583. The van der Waals surface area contributed by atoms with Crippen LogP contribution in [0.25, 0.3) is 0 Å². The molecule has 0 aromatic carbocycles. The van der Waals surface area contributed by atoms with Gasteiger partial charge in [-0.2, -0.15) is 0 Å². The summed E-state index contributed by atoms with van der Waals surface area (Å²) in [4.78, 5) is 10.1. The number of rotatable bonds is 3. The highest BCUT2D eigenvalue weighted by molar-refractivity contribution is 6.30. The van der Waals surface area contributed by atoms with Gasteiger partial charge in [-0.1, -0.05) is 0 Å². The number of hydrogen-bond acceptors (Lipinski definition) is 2. The fourth-order valence-corrected chi connectivity index (χ4v) is 0.353. The minimum absolute atomic E-state index is 0.100. The molecule has 1 unspecified atom stereocenters. The van der Waals surface area contributed by atoms with E-state index in [0.717, 1.165) is 0 Å². The number of hydrogen-bond donors (Lipinski definition) is 2. The molecule has 48 valence electrons. The average Bonchev–Trinajstić information content (AvgIpc) is 1.67. The molecule has 0 aromatic heterocycles. The summed E-state index contributed by atoms with van der Waals surface area (Å²) in [6.45, 7) is -0.100. The van der Waals surface area contributed by atoms with Crippen molar-refractivity contribution in [2.45, 2.75) is 11.8 Å². The van der Waals surface area contributed by atoms with Gasteiger partial charge in [-0.3, -0.25) is 4.79 Å². The first-order chi connectivity index (χ1) is 3.68. The molecule has 1 atom stereocenters. The molecule has 8 heavy (non-hydrogen) atoms. The monoisotopic (exact) mass is 137 g/mol. The van der Waals surface area contributed by atoms with Crippen LogP contribution in [0.2, 0.25) is 0 Å². The molecular formula is C4H8ClNO2. The van der Waals surface area contributed by atoms with Crippen molar-refractivity contribution in [3.05, 3.63) is 0 Å². The van der Waals surface area contributed by atoms with Crippen molar-refractivity contribution in [2.24, 2.45) is 5.73 Å². The zero-order valence-corrected chi connectivity index (χ0v) is 5.06. The quantitative estimate of drug-likeness (QED) is 0.514. The fraction of sp³-hybridized carbons (Fsp3) is 0.750. The van der Waals surface area contributed by atoms with Gasteiger partial charge in [0.15, 0.2) is 0 Å². The molecule has 0 heterocycles. The van der Waals surface area contributed by atoms with Gasteiger partial charge < -0.3 is 10.8 Å².